The number of nitriles is 1. The van der Waals surface area contributed by atoms with Gasteiger partial charge in [0.1, 0.15) is 9.77 Å². The minimum atomic E-state index is -0.445. The molecule has 0 radical (unpaired) electrons. The van der Waals surface area contributed by atoms with Gasteiger partial charge in [-0.1, -0.05) is 0 Å². The molecule has 50 valence electrons. The van der Waals surface area contributed by atoms with Crippen LogP contribution in [0.2, 0.25) is 0 Å². The highest BCUT2D eigenvalue weighted by Crippen LogP contribution is 2.07. The Morgan fingerprint density at radius 3 is 2.90 bits per heavy atom. The Bertz CT molecular complexity index is 292. The first-order valence-electron chi connectivity index (χ1n) is 2.45. The Balaban J connectivity index is 3.20. The highest BCUT2D eigenvalue weighted by molar-refractivity contribution is 14.1. The van der Waals surface area contributed by atoms with E-state index >= 15 is 0 Å². The quantitative estimate of drug-likeness (QED) is 0.517. The summed E-state index contributed by atoms with van der Waals surface area (Å²) in [5.74, 6) is -0.445. The molecule has 0 aliphatic rings. The normalized spacial score (nSPS) is 8.90. The van der Waals surface area contributed by atoms with Crippen molar-refractivity contribution in [2.75, 3.05) is 0 Å². The second kappa shape index (κ2) is 2.92. The molecule has 0 unspecified atom stereocenters. The van der Waals surface area contributed by atoms with Gasteiger partial charge in [0.2, 0.25) is 0 Å². The maximum Gasteiger partial charge on any atom is 0.156 e. The van der Waals surface area contributed by atoms with Gasteiger partial charge in [0.05, 0.1) is 5.56 Å². The molecule has 4 heteroatoms. The van der Waals surface area contributed by atoms with Crippen LogP contribution in [0.3, 0.4) is 0 Å². The highest BCUT2D eigenvalue weighted by Gasteiger charge is 1.99. The second-order valence-corrected chi connectivity index (χ2v) is 2.63. The van der Waals surface area contributed by atoms with Gasteiger partial charge >= 0.3 is 0 Å². The van der Waals surface area contributed by atoms with Gasteiger partial charge in [0.15, 0.2) is 5.82 Å². The predicted molar refractivity (Wildman–Crippen MR) is 41.6 cm³/mol. The fraction of sp³-hybridized carbons (Fsp3) is 0. The third kappa shape index (κ3) is 1.42. The lowest BCUT2D eigenvalue weighted by Gasteiger charge is -1.90. The van der Waals surface area contributed by atoms with Gasteiger partial charge in [0.25, 0.3) is 0 Å². The summed E-state index contributed by atoms with van der Waals surface area (Å²) in [6.45, 7) is 0. The summed E-state index contributed by atoms with van der Waals surface area (Å²) in [6, 6.07) is 2.95. The molecule has 2 nitrogen and oxygen atoms in total. The van der Waals surface area contributed by atoms with E-state index < -0.39 is 5.82 Å². The number of hydrogen-bond acceptors (Lipinski definition) is 2. The Morgan fingerprint density at radius 2 is 2.40 bits per heavy atom. The van der Waals surface area contributed by atoms with Gasteiger partial charge in [-0.2, -0.15) is 5.26 Å². The van der Waals surface area contributed by atoms with Crippen LogP contribution in [0.25, 0.3) is 0 Å². The van der Waals surface area contributed by atoms with E-state index in [0.717, 1.165) is 6.07 Å². The first-order chi connectivity index (χ1) is 4.74. The molecule has 0 spiro atoms. The molecule has 0 fully saturated rings. The fourth-order valence-electron chi connectivity index (χ4n) is 0.482. The van der Waals surface area contributed by atoms with Crippen LogP contribution < -0.4 is 0 Å². The van der Waals surface area contributed by atoms with Gasteiger partial charge in [0, 0.05) is 6.20 Å². The SMILES string of the molecule is N#Cc1cnc(I)c(F)c1. The standard InChI is InChI=1S/C6H2FIN2/c7-5-1-4(2-9)3-10-6(5)8/h1,3H. The maximum atomic E-state index is 12.5. The van der Waals surface area contributed by atoms with E-state index in [-0.39, 0.29) is 9.26 Å². The van der Waals surface area contributed by atoms with E-state index in [1.807, 2.05) is 0 Å². The van der Waals surface area contributed by atoms with Crippen molar-refractivity contribution in [3.63, 3.8) is 0 Å². The van der Waals surface area contributed by atoms with Crippen LogP contribution >= 0.6 is 22.6 Å². The van der Waals surface area contributed by atoms with Crippen LogP contribution in [0.15, 0.2) is 12.3 Å². The number of hydrogen-bond donors (Lipinski definition) is 0. The first-order valence-corrected chi connectivity index (χ1v) is 3.53. The molecule has 0 N–H and O–H groups in total. The lowest BCUT2D eigenvalue weighted by Crippen LogP contribution is -1.87. The Kier molecular flexibility index (Phi) is 2.17. The number of rotatable bonds is 0. The zero-order valence-electron chi connectivity index (χ0n) is 4.81. The van der Waals surface area contributed by atoms with Crippen molar-refractivity contribution in [1.82, 2.24) is 4.98 Å². The molecule has 0 saturated heterocycles. The lowest BCUT2D eigenvalue weighted by molar-refractivity contribution is 0.611. The van der Waals surface area contributed by atoms with Crippen molar-refractivity contribution >= 4 is 22.6 Å². The van der Waals surface area contributed by atoms with Crippen molar-refractivity contribution < 1.29 is 4.39 Å². The van der Waals surface area contributed by atoms with E-state index in [4.69, 9.17) is 5.26 Å². The summed E-state index contributed by atoms with van der Waals surface area (Å²) in [4.78, 5) is 3.64. The lowest BCUT2D eigenvalue weighted by atomic mass is 10.3. The molecule has 0 saturated carbocycles. The summed E-state index contributed by atoms with van der Waals surface area (Å²) in [5.41, 5.74) is 0.248. The molecule has 0 amide bonds. The van der Waals surface area contributed by atoms with Crippen LogP contribution in [-0.4, -0.2) is 4.98 Å². The van der Waals surface area contributed by atoms with E-state index in [2.05, 4.69) is 4.98 Å². The van der Waals surface area contributed by atoms with Crippen LogP contribution in [0.5, 0.6) is 0 Å². The molecule has 0 aliphatic heterocycles. The van der Waals surface area contributed by atoms with Crippen LogP contribution in [0.1, 0.15) is 5.56 Å². The average Bonchev–Trinajstić information content (AvgIpc) is 1.95. The highest BCUT2D eigenvalue weighted by atomic mass is 127. The Hall–Kier alpha value is -0.700. The molecule has 10 heavy (non-hydrogen) atoms. The van der Waals surface area contributed by atoms with Crippen LogP contribution in [0, 0.1) is 20.8 Å². The molecular formula is C6H2FIN2. The molecule has 0 aromatic carbocycles. The topological polar surface area (TPSA) is 36.7 Å². The molecule has 0 bridgehead atoms. The third-order valence-electron chi connectivity index (χ3n) is 0.925. The van der Waals surface area contributed by atoms with Gasteiger partial charge in [-0.05, 0) is 28.7 Å². The van der Waals surface area contributed by atoms with Gasteiger partial charge in [-0.3, -0.25) is 0 Å². The number of halogens is 2. The minimum Gasteiger partial charge on any atom is -0.246 e. The molecule has 1 aromatic rings. The number of nitrogens with zero attached hydrogens (tertiary/aromatic N) is 2. The zero-order chi connectivity index (χ0) is 7.56. The summed E-state index contributed by atoms with van der Waals surface area (Å²) in [6.07, 6.45) is 1.34. The van der Waals surface area contributed by atoms with Crippen molar-refractivity contribution in [3.05, 3.63) is 27.3 Å². The molecule has 0 atom stereocenters. The Labute approximate surface area is 70.8 Å². The summed E-state index contributed by atoms with van der Waals surface area (Å²) in [7, 11) is 0. The van der Waals surface area contributed by atoms with Gasteiger partial charge in [-0.15, -0.1) is 0 Å². The van der Waals surface area contributed by atoms with Crippen molar-refractivity contribution in [1.29, 1.82) is 5.26 Å². The zero-order valence-corrected chi connectivity index (χ0v) is 6.96. The van der Waals surface area contributed by atoms with E-state index in [1.54, 1.807) is 28.7 Å². The van der Waals surface area contributed by atoms with Crippen molar-refractivity contribution in [3.8, 4) is 6.07 Å². The number of aromatic nitrogens is 1. The van der Waals surface area contributed by atoms with E-state index in [1.165, 1.54) is 6.20 Å². The molecular weight excluding hydrogens is 246 g/mol. The number of pyridine rings is 1. The predicted octanol–water partition coefficient (Wildman–Crippen LogP) is 1.70. The van der Waals surface area contributed by atoms with Crippen molar-refractivity contribution in [2.45, 2.75) is 0 Å². The molecule has 1 heterocycles. The van der Waals surface area contributed by atoms with Gasteiger partial charge in [-0.25, -0.2) is 9.37 Å². The Morgan fingerprint density at radius 1 is 1.70 bits per heavy atom. The molecule has 0 aliphatic carbocycles. The monoisotopic (exact) mass is 248 g/mol. The summed E-state index contributed by atoms with van der Waals surface area (Å²) in [5, 5.41) is 8.29. The molecule has 1 rings (SSSR count). The van der Waals surface area contributed by atoms with Crippen molar-refractivity contribution in [2.24, 2.45) is 0 Å². The largest absolute Gasteiger partial charge is 0.246 e. The van der Waals surface area contributed by atoms with E-state index in [9.17, 15) is 4.39 Å². The smallest absolute Gasteiger partial charge is 0.156 e. The van der Waals surface area contributed by atoms with Crippen LogP contribution in [-0.2, 0) is 0 Å². The summed E-state index contributed by atoms with van der Waals surface area (Å²) < 4.78 is 12.8. The summed E-state index contributed by atoms with van der Waals surface area (Å²) >= 11 is 1.76. The fourth-order valence-corrected chi connectivity index (χ4v) is 0.777. The maximum absolute atomic E-state index is 12.5. The first kappa shape index (κ1) is 7.41. The molecule has 1 aromatic heterocycles. The van der Waals surface area contributed by atoms with Gasteiger partial charge < -0.3 is 0 Å². The van der Waals surface area contributed by atoms with Crippen LogP contribution in [0.4, 0.5) is 4.39 Å². The second-order valence-electron chi connectivity index (χ2n) is 1.61. The van der Waals surface area contributed by atoms with E-state index in [0.29, 0.717) is 0 Å². The minimum absolute atomic E-state index is 0.248. The third-order valence-corrected chi connectivity index (χ3v) is 1.72. The average molecular weight is 248 g/mol.